The van der Waals surface area contributed by atoms with Crippen LogP contribution >= 0.6 is 0 Å². The van der Waals surface area contributed by atoms with E-state index in [1.54, 1.807) is 0 Å². The number of aliphatic hydroxyl groups is 1. The lowest BCUT2D eigenvalue weighted by Crippen LogP contribution is -2.40. The van der Waals surface area contributed by atoms with Gasteiger partial charge in [-0.2, -0.15) is 0 Å². The first-order valence-electron chi connectivity index (χ1n) is 10.5. The monoisotopic (exact) mass is 358 g/mol. The van der Waals surface area contributed by atoms with E-state index in [0.29, 0.717) is 12.8 Å². The Kier molecular flexibility index (Phi) is 15.9. The summed E-state index contributed by atoms with van der Waals surface area (Å²) in [6.07, 6.45) is 13.0. The van der Waals surface area contributed by atoms with Gasteiger partial charge in [-0.25, -0.2) is 0 Å². The largest absolute Gasteiger partial charge is 0.519 e. The second-order valence-electron chi connectivity index (χ2n) is 7.21. The third-order valence-electron chi connectivity index (χ3n) is 4.83. The summed E-state index contributed by atoms with van der Waals surface area (Å²) < 4.78 is 6.24. The molecule has 0 aliphatic rings. The number of rotatable bonds is 17. The molecule has 0 aromatic heterocycles. The number of hydrogen-bond donors (Lipinski definition) is 1. The molecule has 0 atom stereocenters. The number of aliphatic hydroxyl groups excluding tert-OH is 1. The van der Waals surface area contributed by atoms with Gasteiger partial charge in [-0.15, -0.1) is 0 Å². The topological polar surface area (TPSA) is 46.5 Å². The fourth-order valence-electron chi connectivity index (χ4n) is 3.29. The normalized spacial score (nSPS) is 11.7. The summed E-state index contributed by atoms with van der Waals surface area (Å²) in [6, 6.07) is 3.46. The summed E-state index contributed by atoms with van der Waals surface area (Å²) >= 11 is 0. The molecule has 0 unspecified atom stereocenters. The zero-order valence-corrected chi connectivity index (χ0v) is 17.6. The maximum absolute atomic E-state index is 12.4. The number of unbranched alkanes of at least 4 members (excludes halogenated alkanes) is 7. The van der Waals surface area contributed by atoms with Crippen molar-refractivity contribution < 1.29 is 14.3 Å². The summed E-state index contributed by atoms with van der Waals surface area (Å²) in [5, 5.41) is 8.90. The Labute approximate surface area is 151 Å². The first-order valence-corrected chi connectivity index (χ1v) is 13.0. The van der Waals surface area contributed by atoms with Crippen molar-refractivity contribution >= 4 is 14.3 Å². The van der Waals surface area contributed by atoms with Crippen LogP contribution in [-0.2, 0) is 9.22 Å². The Morgan fingerprint density at radius 2 is 1.21 bits per heavy atom. The minimum atomic E-state index is -1.94. The molecule has 0 heterocycles. The van der Waals surface area contributed by atoms with E-state index in [9.17, 15) is 4.79 Å². The highest BCUT2D eigenvalue weighted by Crippen LogP contribution is 2.31. The molecule has 0 rings (SSSR count). The zero-order valence-electron chi connectivity index (χ0n) is 16.6. The molecule has 1 N–H and O–H groups in total. The van der Waals surface area contributed by atoms with Crippen LogP contribution in [0.25, 0.3) is 0 Å². The maximum Gasteiger partial charge on any atom is 0.292 e. The quantitative estimate of drug-likeness (QED) is 0.248. The Morgan fingerprint density at radius 3 is 1.58 bits per heavy atom. The van der Waals surface area contributed by atoms with Gasteiger partial charge in [0.1, 0.15) is 0 Å². The Balaban J connectivity index is 4.79. The summed E-state index contributed by atoms with van der Waals surface area (Å²) in [5.41, 5.74) is 0. The fourth-order valence-corrected chi connectivity index (χ4v) is 7.62. The van der Waals surface area contributed by atoms with Gasteiger partial charge in [0.15, 0.2) is 0 Å². The molecule has 0 aliphatic carbocycles. The molecule has 0 radical (unpaired) electrons. The van der Waals surface area contributed by atoms with Crippen LogP contribution in [-0.4, -0.2) is 26.0 Å². The van der Waals surface area contributed by atoms with Crippen LogP contribution in [0.15, 0.2) is 0 Å². The molecule has 0 bridgehead atoms. The highest BCUT2D eigenvalue weighted by Gasteiger charge is 2.36. The lowest BCUT2D eigenvalue weighted by atomic mass is 10.2. The van der Waals surface area contributed by atoms with Crippen molar-refractivity contribution in [2.45, 2.75) is 116 Å². The van der Waals surface area contributed by atoms with Gasteiger partial charge >= 0.3 is 0 Å². The van der Waals surface area contributed by atoms with E-state index < -0.39 is 8.32 Å². The van der Waals surface area contributed by atoms with Crippen molar-refractivity contribution in [2.24, 2.45) is 0 Å². The first kappa shape index (κ1) is 23.6. The minimum Gasteiger partial charge on any atom is -0.519 e. The van der Waals surface area contributed by atoms with Gasteiger partial charge in [0.2, 0.25) is 0 Å². The SMILES string of the molecule is CCCCC[Si](CCCCC)(CCCCC)OC(=O)CCCCO. The van der Waals surface area contributed by atoms with Crippen LogP contribution in [0.5, 0.6) is 0 Å². The predicted molar refractivity (Wildman–Crippen MR) is 106 cm³/mol. The van der Waals surface area contributed by atoms with Crippen molar-refractivity contribution in [2.75, 3.05) is 6.61 Å². The fraction of sp³-hybridized carbons (Fsp3) is 0.950. The lowest BCUT2D eigenvalue weighted by molar-refractivity contribution is -0.135. The van der Waals surface area contributed by atoms with Gasteiger partial charge in [-0.3, -0.25) is 4.79 Å². The van der Waals surface area contributed by atoms with Crippen LogP contribution in [0.3, 0.4) is 0 Å². The Hall–Kier alpha value is -0.353. The molecule has 0 saturated carbocycles. The molecule has 24 heavy (non-hydrogen) atoms. The van der Waals surface area contributed by atoms with Gasteiger partial charge in [-0.05, 0) is 31.0 Å². The van der Waals surface area contributed by atoms with E-state index in [1.807, 2.05) is 0 Å². The van der Waals surface area contributed by atoms with Crippen LogP contribution in [0.4, 0.5) is 0 Å². The molecule has 0 amide bonds. The van der Waals surface area contributed by atoms with Crippen LogP contribution < -0.4 is 0 Å². The second kappa shape index (κ2) is 16.1. The summed E-state index contributed by atoms with van der Waals surface area (Å²) in [7, 11) is -1.94. The third-order valence-corrected chi connectivity index (χ3v) is 9.28. The summed E-state index contributed by atoms with van der Waals surface area (Å²) in [4.78, 5) is 12.4. The molecule has 3 nitrogen and oxygen atoms in total. The van der Waals surface area contributed by atoms with Crippen LogP contribution in [0.1, 0.15) is 97.8 Å². The zero-order chi connectivity index (χ0) is 18.1. The first-order chi connectivity index (χ1) is 11.6. The van der Waals surface area contributed by atoms with E-state index >= 15 is 0 Å². The predicted octanol–water partition coefficient (Wildman–Crippen LogP) is 6.21. The van der Waals surface area contributed by atoms with Crippen LogP contribution in [0, 0.1) is 0 Å². The molecular formula is C20H42O3Si. The number of carbonyl (C=O) groups excluding carboxylic acids is 1. The molecule has 0 aromatic rings. The molecule has 0 aliphatic heterocycles. The highest BCUT2D eigenvalue weighted by atomic mass is 28.4. The molecule has 0 spiro atoms. The Bertz CT molecular complexity index is 268. The van der Waals surface area contributed by atoms with Gasteiger partial charge in [0.25, 0.3) is 14.3 Å². The minimum absolute atomic E-state index is 0.000359. The molecule has 144 valence electrons. The number of carbonyl (C=O) groups is 1. The molecule has 4 heteroatoms. The molecule has 0 fully saturated rings. The summed E-state index contributed by atoms with van der Waals surface area (Å²) in [6.45, 7) is 6.87. The number of hydrogen-bond acceptors (Lipinski definition) is 3. The average Bonchev–Trinajstić information content (AvgIpc) is 2.56. The van der Waals surface area contributed by atoms with Gasteiger partial charge in [-0.1, -0.05) is 78.6 Å². The molecular weight excluding hydrogens is 316 g/mol. The van der Waals surface area contributed by atoms with Crippen molar-refractivity contribution in [3.63, 3.8) is 0 Å². The van der Waals surface area contributed by atoms with E-state index in [1.165, 1.54) is 57.8 Å². The van der Waals surface area contributed by atoms with E-state index in [-0.39, 0.29) is 12.6 Å². The van der Waals surface area contributed by atoms with Gasteiger partial charge in [0.05, 0.1) is 0 Å². The average molecular weight is 359 g/mol. The summed E-state index contributed by atoms with van der Waals surface area (Å²) in [5.74, 6) is -0.000359. The smallest absolute Gasteiger partial charge is 0.292 e. The standard InChI is InChI=1S/C20H42O3Si/c1-4-7-12-17-24(18-13-8-5-2,19-14-9-6-3)23-20(22)15-10-11-16-21/h21H,4-19H2,1-3H3. The van der Waals surface area contributed by atoms with Crippen LogP contribution in [0.2, 0.25) is 18.1 Å². The lowest BCUT2D eigenvalue weighted by Gasteiger charge is -2.32. The van der Waals surface area contributed by atoms with E-state index in [4.69, 9.17) is 9.53 Å². The van der Waals surface area contributed by atoms with E-state index in [0.717, 1.165) is 24.6 Å². The van der Waals surface area contributed by atoms with Gasteiger partial charge in [0, 0.05) is 13.0 Å². The van der Waals surface area contributed by atoms with Crippen molar-refractivity contribution in [1.29, 1.82) is 0 Å². The van der Waals surface area contributed by atoms with Gasteiger partial charge < -0.3 is 9.53 Å². The highest BCUT2D eigenvalue weighted by molar-refractivity contribution is 6.75. The van der Waals surface area contributed by atoms with Crippen molar-refractivity contribution in [3.8, 4) is 0 Å². The van der Waals surface area contributed by atoms with E-state index in [2.05, 4.69) is 20.8 Å². The third kappa shape index (κ3) is 12.1. The second-order valence-corrected chi connectivity index (χ2v) is 11.3. The van der Waals surface area contributed by atoms with Crippen molar-refractivity contribution in [1.82, 2.24) is 0 Å². The molecule has 0 saturated heterocycles. The Morgan fingerprint density at radius 1 is 0.750 bits per heavy atom. The van der Waals surface area contributed by atoms with Crippen molar-refractivity contribution in [3.05, 3.63) is 0 Å². The maximum atomic E-state index is 12.4. The molecule has 0 aromatic carbocycles.